The lowest BCUT2D eigenvalue weighted by atomic mass is 9.91. The second-order valence-corrected chi connectivity index (χ2v) is 10.9. The first kappa shape index (κ1) is 24.9. The van der Waals surface area contributed by atoms with Gasteiger partial charge in [0.1, 0.15) is 15.8 Å². The fourth-order valence-corrected chi connectivity index (χ4v) is 6.09. The lowest BCUT2D eigenvalue weighted by molar-refractivity contribution is -0.122. The molecular formula is C25H32N4O3S2. The molecule has 0 spiro atoms. The number of fused-ring (bicyclic) bond motifs is 1. The summed E-state index contributed by atoms with van der Waals surface area (Å²) >= 11 is 6.73. The van der Waals surface area contributed by atoms with Crippen LogP contribution in [0.5, 0.6) is 0 Å². The zero-order chi connectivity index (χ0) is 24.4. The number of ether oxygens (including phenoxy) is 1. The maximum absolute atomic E-state index is 13.7. The third-order valence-corrected chi connectivity index (χ3v) is 7.63. The van der Waals surface area contributed by atoms with E-state index in [4.69, 9.17) is 21.9 Å². The molecule has 7 nitrogen and oxygen atoms in total. The van der Waals surface area contributed by atoms with Gasteiger partial charge in [0.15, 0.2) is 0 Å². The number of thiocarbonyl (C=S) groups is 1. The number of nitrogens with zero attached hydrogens (tertiary/aromatic N) is 4. The van der Waals surface area contributed by atoms with E-state index in [0.29, 0.717) is 64.3 Å². The molecular weight excluding hydrogens is 468 g/mol. The second kappa shape index (κ2) is 10.6. The zero-order valence-electron chi connectivity index (χ0n) is 20.2. The van der Waals surface area contributed by atoms with Gasteiger partial charge in [-0.25, -0.2) is 4.98 Å². The average molecular weight is 501 g/mol. The van der Waals surface area contributed by atoms with Crippen molar-refractivity contribution in [2.45, 2.75) is 40.5 Å². The number of thioether (sulfide) groups is 1. The Morgan fingerprint density at radius 2 is 2.00 bits per heavy atom. The monoisotopic (exact) mass is 500 g/mol. The van der Waals surface area contributed by atoms with E-state index in [2.05, 4.69) is 18.7 Å². The van der Waals surface area contributed by atoms with Crippen LogP contribution in [0.3, 0.4) is 0 Å². The molecule has 4 heterocycles. The van der Waals surface area contributed by atoms with Crippen molar-refractivity contribution in [3.05, 3.63) is 44.7 Å². The first-order chi connectivity index (χ1) is 16.3. The van der Waals surface area contributed by atoms with Crippen LogP contribution in [-0.2, 0) is 9.53 Å². The van der Waals surface area contributed by atoms with E-state index in [9.17, 15) is 9.59 Å². The van der Waals surface area contributed by atoms with Crippen LogP contribution in [0, 0.1) is 18.8 Å². The van der Waals surface area contributed by atoms with E-state index in [1.54, 1.807) is 21.6 Å². The van der Waals surface area contributed by atoms with Crippen LogP contribution in [0.15, 0.2) is 28.0 Å². The molecule has 0 radical (unpaired) electrons. The number of amides is 1. The quantitative estimate of drug-likeness (QED) is 0.322. The van der Waals surface area contributed by atoms with Crippen molar-refractivity contribution in [1.29, 1.82) is 0 Å². The van der Waals surface area contributed by atoms with Gasteiger partial charge in [0.2, 0.25) is 0 Å². The molecule has 0 aromatic carbocycles. The summed E-state index contributed by atoms with van der Waals surface area (Å²) in [7, 11) is 0. The summed E-state index contributed by atoms with van der Waals surface area (Å²) in [6.45, 7) is 11.8. The highest BCUT2D eigenvalue weighted by Gasteiger charge is 2.33. The number of aromatic nitrogens is 2. The van der Waals surface area contributed by atoms with Crippen molar-refractivity contribution >= 4 is 51.7 Å². The molecule has 0 bridgehead atoms. The van der Waals surface area contributed by atoms with Gasteiger partial charge in [-0.3, -0.25) is 18.9 Å². The first-order valence-electron chi connectivity index (χ1n) is 11.9. The highest BCUT2D eigenvalue weighted by atomic mass is 32.2. The van der Waals surface area contributed by atoms with Gasteiger partial charge >= 0.3 is 0 Å². The van der Waals surface area contributed by atoms with Crippen LogP contribution < -0.4 is 10.5 Å². The Morgan fingerprint density at radius 3 is 2.71 bits per heavy atom. The number of hydrogen-bond acceptors (Lipinski definition) is 7. The van der Waals surface area contributed by atoms with Gasteiger partial charge in [-0.05, 0) is 56.2 Å². The fourth-order valence-electron chi connectivity index (χ4n) is 4.80. The Hall–Kier alpha value is -2.23. The molecule has 0 aliphatic carbocycles. The van der Waals surface area contributed by atoms with Crippen molar-refractivity contribution < 1.29 is 9.53 Å². The van der Waals surface area contributed by atoms with Gasteiger partial charge < -0.3 is 9.64 Å². The van der Waals surface area contributed by atoms with Gasteiger partial charge in [0.05, 0.1) is 10.5 Å². The predicted octanol–water partition coefficient (Wildman–Crippen LogP) is 4.11. The standard InChI is InChI=1S/C25H32N4O3S2/c1-5-32-11-7-10-29-24(31)20(34-25(29)33)13-19-22(27-14-16(2)12-17(3)15-27)26-21-18(4)8-6-9-28(21)23(19)30/h6,8-9,13,16-17H,5,7,10-12,14-15H2,1-4H3/b20-13-/t16-,17+. The van der Waals surface area contributed by atoms with Crippen LogP contribution in [0.2, 0.25) is 0 Å². The van der Waals surface area contributed by atoms with Gasteiger partial charge in [0, 0.05) is 39.0 Å². The van der Waals surface area contributed by atoms with Crippen molar-refractivity contribution in [2.75, 3.05) is 37.7 Å². The molecule has 2 aliphatic heterocycles. The maximum atomic E-state index is 13.7. The molecule has 9 heteroatoms. The minimum absolute atomic E-state index is 0.161. The maximum Gasteiger partial charge on any atom is 0.267 e. The summed E-state index contributed by atoms with van der Waals surface area (Å²) in [6.07, 6.45) is 5.30. The number of anilines is 1. The van der Waals surface area contributed by atoms with E-state index in [-0.39, 0.29) is 11.5 Å². The lowest BCUT2D eigenvalue weighted by Crippen LogP contribution is -2.40. The molecule has 4 rings (SSSR count). The summed E-state index contributed by atoms with van der Waals surface area (Å²) in [4.78, 5) is 36.1. The second-order valence-electron chi connectivity index (χ2n) is 9.27. The smallest absolute Gasteiger partial charge is 0.267 e. The topological polar surface area (TPSA) is 67.2 Å². The molecule has 0 N–H and O–H groups in total. The van der Waals surface area contributed by atoms with Crippen LogP contribution >= 0.6 is 24.0 Å². The molecule has 2 aromatic heterocycles. The molecule has 182 valence electrons. The van der Waals surface area contributed by atoms with E-state index >= 15 is 0 Å². The van der Waals surface area contributed by atoms with Gasteiger partial charge in [-0.1, -0.05) is 43.9 Å². The number of pyridine rings is 1. The fraction of sp³-hybridized carbons (Fsp3) is 0.520. The summed E-state index contributed by atoms with van der Waals surface area (Å²) in [5.74, 6) is 1.49. The third-order valence-electron chi connectivity index (χ3n) is 6.26. The van der Waals surface area contributed by atoms with Gasteiger partial charge in [0.25, 0.3) is 11.5 Å². The van der Waals surface area contributed by atoms with Crippen molar-refractivity contribution in [2.24, 2.45) is 11.8 Å². The molecule has 2 aliphatic rings. The highest BCUT2D eigenvalue weighted by Crippen LogP contribution is 2.34. The summed E-state index contributed by atoms with van der Waals surface area (Å²) in [5.41, 5.74) is 1.86. The summed E-state index contributed by atoms with van der Waals surface area (Å²) in [6, 6.07) is 3.80. The Kier molecular flexibility index (Phi) is 7.74. The minimum atomic E-state index is -0.170. The normalized spacial score (nSPS) is 22.4. The molecule has 2 saturated heterocycles. The van der Waals surface area contributed by atoms with Gasteiger partial charge in [-0.15, -0.1) is 0 Å². The minimum Gasteiger partial charge on any atom is -0.382 e. The molecule has 1 amide bonds. The molecule has 2 aromatic rings. The number of piperidine rings is 1. The van der Waals surface area contributed by atoms with Crippen LogP contribution in [-0.4, -0.2) is 57.4 Å². The Bertz CT molecular complexity index is 1180. The Labute approximate surface area is 210 Å². The van der Waals surface area contributed by atoms with Crippen LogP contribution in [0.4, 0.5) is 5.82 Å². The van der Waals surface area contributed by atoms with E-state index < -0.39 is 0 Å². The molecule has 2 fully saturated rings. The number of rotatable bonds is 7. The van der Waals surface area contributed by atoms with Crippen LogP contribution in [0.1, 0.15) is 44.7 Å². The van der Waals surface area contributed by atoms with Crippen molar-refractivity contribution in [3.63, 3.8) is 0 Å². The van der Waals surface area contributed by atoms with E-state index in [0.717, 1.165) is 25.1 Å². The van der Waals surface area contributed by atoms with E-state index in [1.165, 1.54) is 11.8 Å². The predicted molar refractivity (Wildman–Crippen MR) is 142 cm³/mol. The number of hydrogen-bond donors (Lipinski definition) is 0. The highest BCUT2D eigenvalue weighted by molar-refractivity contribution is 8.26. The Morgan fingerprint density at radius 1 is 1.26 bits per heavy atom. The lowest BCUT2D eigenvalue weighted by Gasteiger charge is -2.36. The number of carbonyl (C=O) groups excluding carboxylic acids is 1. The van der Waals surface area contributed by atoms with Crippen molar-refractivity contribution in [3.8, 4) is 0 Å². The average Bonchev–Trinajstić information content (AvgIpc) is 3.05. The largest absolute Gasteiger partial charge is 0.382 e. The number of aryl methyl sites for hydroxylation is 1. The summed E-state index contributed by atoms with van der Waals surface area (Å²) in [5, 5.41) is 0. The molecule has 0 saturated carbocycles. The first-order valence-corrected chi connectivity index (χ1v) is 13.1. The molecule has 0 unspecified atom stereocenters. The molecule has 34 heavy (non-hydrogen) atoms. The zero-order valence-corrected chi connectivity index (χ0v) is 21.9. The van der Waals surface area contributed by atoms with Gasteiger partial charge in [-0.2, -0.15) is 0 Å². The van der Waals surface area contributed by atoms with Crippen molar-refractivity contribution in [1.82, 2.24) is 14.3 Å². The molecule has 2 atom stereocenters. The van der Waals surface area contributed by atoms with E-state index in [1.807, 2.05) is 26.0 Å². The van der Waals surface area contributed by atoms with Crippen LogP contribution in [0.25, 0.3) is 11.7 Å². The number of carbonyl (C=O) groups is 1. The third kappa shape index (κ3) is 5.06. The Balaban J connectivity index is 1.76. The SMILES string of the molecule is CCOCCCN1C(=O)/C(=C/c2c(N3C[C@H](C)C[C@H](C)C3)nc3c(C)cccn3c2=O)SC1=S. The summed E-state index contributed by atoms with van der Waals surface area (Å²) < 4.78 is 7.48.